The number of fused-ring (bicyclic) bond motifs is 1. The van der Waals surface area contributed by atoms with E-state index in [-0.39, 0.29) is 20.0 Å². The van der Waals surface area contributed by atoms with E-state index in [1.807, 2.05) is 30.3 Å². The topological polar surface area (TPSA) is 57.2 Å². The SMILES string of the molecule is O[C@@H](COCc1ccccc1)COc1ccc2c(c1)OCO2. The molecule has 5 heteroatoms. The zero-order valence-corrected chi connectivity index (χ0v) is 12.1. The molecule has 3 rings (SSSR count). The van der Waals surface area contributed by atoms with Gasteiger partial charge in [-0.1, -0.05) is 30.3 Å². The van der Waals surface area contributed by atoms with Crippen LogP contribution in [0.25, 0.3) is 0 Å². The van der Waals surface area contributed by atoms with Crippen molar-refractivity contribution < 1.29 is 24.1 Å². The molecule has 1 N–H and O–H groups in total. The van der Waals surface area contributed by atoms with Crippen molar-refractivity contribution in [1.82, 2.24) is 0 Å². The van der Waals surface area contributed by atoms with E-state index < -0.39 is 6.10 Å². The molecule has 2 aromatic carbocycles. The Morgan fingerprint density at radius 3 is 2.68 bits per heavy atom. The third-order valence-corrected chi connectivity index (χ3v) is 3.21. The van der Waals surface area contributed by atoms with Gasteiger partial charge >= 0.3 is 0 Å². The number of aliphatic hydroxyl groups is 1. The lowest BCUT2D eigenvalue weighted by Gasteiger charge is -2.13. The minimum absolute atomic E-state index is 0.161. The fourth-order valence-corrected chi connectivity index (χ4v) is 2.09. The van der Waals surface area contributed by atoms with Gasteiger partial charge in [-0.15, -0.1) is 0 Å². The van der Waals surface area contributed by atoms with Crippen molar-refractivity contribution in [2.24, 2.45) is 0 Å². The molecule has 5 nitrogen and oxygen atoms in total. The molecule has 1 aliphatic rings. The second-order valence-electron chi connectivity index (χ2n) is 4.98. The minimum atomic E-state index is -0.686. The van der Waals surface area contributed by atoms with E-state index in [4.69, 9.17) is 18.9 Å². The normalized spacial score (nSPS) is 13.9. The highest BCUT2D eigenvalue weighted by molar-refractivity contribution is 5.46. The molecule has 0 amide bonds. The molecule has 0 aliphatic carbocycles. The molecule has 0 bridgehead atoms. The van der Waals surface area contributed by atoms with E-state index >= 15 is 0 Å². The van der Waals surface area contributed by atoms with Crippen molar-refractivity contribution in [1.29, 1.82) is 0 Å². The molecule has 0 radical (unpaired) electrons. The highest BCUT2D eigenvalue weighted by atomic mass is 16.7. The molecule has 1 heterocycles. The quantitative estimate of drug-likeness (QED) is 0.851. The molecule has 0 unspecified atom stereocenters. The summed E-state index contributed by atoms with van der Waals surface area (Å²) in [4.78, 5) is 0. The third-order valence-electron chi connectivity index (χ3n) is 3.21. The Balaban J connectivity index is 1.40. The van der Waals surface area contributed by atoms with Crippen molar-refractivity contribution in [3.05, 3.63) is 54.1 Å². The van der Waals surface area contributed by atoms with Gasteiger partial charge in [0.2, 0.25) is 6.79 Å². The van der Waals surface area contributed by atoms with Crippen LogP contribution in [-0.2, 0) is 11.3 Å². The van der Waals surface area contributed by atoms with Crippen LogP contribution in [0.1, 0.15) is 5.56 Å². The van der Waals surface area contributed by atoms with Crippen molar-refractivity contribution in [2.45, 2.75) is 12.7 Å². The average molecular weight is 302 g/mol. The minimum Gasteiger partial charge on any atom is -0.491 e. The summed E-state index contributed by atoms with van der Waals surface area (Å²) in [6.07, 6.45) is -0.686. The summed E-state index contributed by atoms with van der Waals surface area (Å²) in [6.45, 7) is 1.09. The lowest BCUT2D eigenvalue weighted by Crippen LogP contribution is -2.23. The summed E-state index contributed by atoms with van der Waals surface area (Å²) in [5.41, 5.74) is 1.08. The Morgan fingerprint density at radius 1 is 1.00 bits per heavy atom. The molecule has 22 heavy (non-hydrogen) atoms. The lowest BCUT2D eigenvalue weighted by atomic mass is 10.2. The largest absolute Gasteiger partial charge is 0.491 e. The number of hydrogen-bond acceptors (Lipinski definition) is 5. The molecular formula is C17H18O5. The van der Waals surface area contributed by atoms with E-state index in [0.29, 0.717) is 23.9 Å². The fourth-order valence-electron chi connectivity index (χ4n) is 2.09. The third kappa shape index (κ3) is 3.90. The summed E-state index contributed by atoms with van der Waals surface area (Å²) in [7, 11) is 0. The van der Waals surface area contributed by atoms with Crippen molar-refractivity contribution in [2.75, 3.05) is 20.0 Å². The number of aliphatic hydroxyl groups excluding tert-OH is 1. The van der Waals surface area contributed by atoms with Crippen molar-refractivity contribution in [3.63, 3.8) is 0 Å². The van der Waals surface area contributed by atoms with Gasteiger partial charge in [0.05, 0.1) is 13.2 Å². The lowest BCUT2D eigenvalue weighted by molar-refractivity contribution is 0.00546. The van der Waals surface area contributed by atoms with Gasteiger partial charge in [0.1, 0.15) is 18.5 Å². The summed E-state index contributed by atoms with van der Waals surface area (Å²) in [5.74, 6) is 2.00. The van der Waals surface area contributed by atoms with Crippen LogP contribution in [0, 0.1) is 0 Å². The Hall–Kier alpha value is -2.24. The van der Waals surface area contributed by atoms with E-state index in [2.05, 4.69) is 0 Å². The van der Waals surface area contributed by atoms with Gasteiger partial charge in [0, 0.05) is 6.07 Å². The summed E-state index contributed by atoms with van der Waals surface area (Å²) in [6, 6.07) is 15.2. The van der Waals surface area contributed by atoms with Crippen LogP contribution in [0.15, 0.2) is 48.5 Å². The van der Waals surface area contributed by atoms with Gasteiger partial charge < -0.3 is 24.1 Å². The number of hydrogen-bond donors (Lipinski definition) is 1. The first-order valence-corrected chi connectivity index (χ1v) is 7.13. The first kappa shape index (κ1) is 14.7. The maximum absolute atomic E-state index is 9.88. The molecule has 0 saturated carbocycles. The molecule has 1 atom stereocenters. The van der Waals surface area contributed by atoms with Gasteiger partial charge in [-0.05, 0) is 17.7 Å². The van der Waals surface area contributed by atoms with Crippen LogP contribution >= 0.6 is 0 Å². The number of rotatable bonds is 7. The van der Waals surface area contributed by atoms with Crippen LogP contribution in [0.2, 0.25) is 0 Å². The van der Waals surface area contributed by atoms with Crippen LogP contribution in [0.5, 0.6) is 17.2 Å². The van der Waals surface area contributed by atoms with Crippen molar-refractivity contribution >= 4 is 0 Å². The molecule has 0 saturated heterocycles. The maximum atomic E-state index is 9.88. The van der Waals surface area contributed by atoms with Gasteiger partial charge in [-0.3, -0.25) is 0 Å². The fraction of sp³-hybridized carbons (Fsp3) is 0.294. The van der Waals surface area contributed by atoms with E-state index in [1.165, 1.54) is 0 Å². The first-order chi connectivity index (χ1) is 10.8. The maximum Gasteiger partial charge on any atom is 0.231 e. The highest BCUT2D eigenvalue weighted by Crippen LogP contribution is 2.35. The molecular weight excluding hydrogens is 284 g/mol. The predicted octanol–water partition coefficient (Wildman–Crippen LogP) is 2.37. The molecule has 1 aliphatic heterocycles. The van der Waals surface area contributed by atoms with Gasteiger partial charge in [0.25, 0.3) is 0 Å². The van der Waals surface area contributed by atoms with Gasteiger partial charge in [0.15, 0.2) is 11.5 Å². The Kier molecular flexibility index (Phi) is 4.78. The summed E-state index contributed by atoms with van der Waals surface area (Å²) in [5, 5.41) is 9.88. The molecule has 0 aromatic heterocycles. The second-order valence-corrected chi connectivity index (χ2v) is 4.98. The standard InChI is InChI=1S/C17H18O5/c18-14(10-19-9-13-4-2-1-3-5-13)11-20-15-6-7-16-17(8-15)22-12-21-16/h1-8,14,18H,9-12H2/t14-/m0/s1. The summed E-state index contributed by atoms with van der Waals surface area (Å²) >= 11 is 0. The molecule has 0 fully saturated rings. The van der Waals surface area contributed by atoms with Crippen LogP contribution in [0.3, 0.4) is 0 Å². The monoisotopic (exact) mass is 302 g/mol. The number of ether oxygens (including phenoxy) is 4. The molecule has 116 valence electrons. The first-order valence-electron chi connectivity index (χ1n) is 7.13. The van der Waals surface area contributed by atoms with Gasteiger partial charge in [-0.2, -0.15) is 0 Å². The second kappa shape index (κ2) is 7.15. The summed E-state index contributed by atoms with van der Waals surface area (Å²) < 4.78 is 21.5. The average Bonchev–Trinajstić information content (AvgIpc) is 3.01. The van der Waals surface area contributed by atoms with Crippen LogP contribution in [-0.4, -0.2) is 31.2 Å². The zero-order chi connectivity index (χ0) is 15.2. The Labute approximate surface area is 129 Å². The number of benzene rings is 2. The van der Waals surface area contributed by atoms with E-state index in [1.54, 1.807) is 18.2 Å². The highest BCUT2D eigenvalue weighted by Gasteiger charge is 2.14. The van der Waals surface area contributed by atoms with E-state index in [0.717, 1.165) is 5.56 Å². The predicted molar refractivity (Wildman–Crippen MR) is 80.2 cm³/mol. The van der Waals surface area contributed by atoms with Crippen LogP contribution in [0.4, 0.5) is 0 Å². The van der Waals surface area contributed by atoms with Crippen molar-refractivity contribution in [3.8, 4) is 17.2 Å². The van der Waals surface area contributed by atoms with E-state index in [9.17, 15) is 5.11 Å². The smallest absolute Gasteiger partial charge is 0.231 e. The molecule has 2 aromatic rings. The Bertz CT molecular complexity index is 599. The molecule has 0 spiro atoms. The van der Waals surface area contributed by atoms with Crippen LogP contribution < -0.4 is 14.2 Å². The Morgan fingerprint density at radius 2 is 1.82 bits per heavy atom. The zero-order valence-electron chi connectivity index (χ0n) is 12.1. The van der Waals surface area contributed by atoms with Gasteiger partial charge in [-0.25, -0.2) is 0 Å².